The van der Waals surface area contributed by atoms with Gasteiger partial charge in [0, 0.05) is 18.5 Å². The Kier molecular flexibility index (Phi) is 4.67. The van der Waals surface area contributed by atoms with Gasteiger partial charge in [-0.25, -0.2) is 4.79 Å². The molecule has 4 atom stereocenters. The fourth-order valence-electron chi connectivity index (χ4n) is 6.00. The number of benzene rings is 2. The van der Waals surface area contributed by atoms with E-state index < -0.39 is 24.0 Å². The Hall–Kier alpha value is -3.35. The van der Waals surface area contributed by atoms with Gasteiger partial charge in [0.05, 0.1) is 5.92 Å². The summed E-state index contributed by atoms with van der Waals surface area (Å²) >= 11 is 0. The molecule has 2 aliphatic heterocycles. The van der Waals surface area contributed by atoms with Gasteiger partial charge in [-0.15, -0.1) is 0 Å². The summed E-state index contributed by atoms with van der Waals surface area (Å²) in [5, 5.41) is 12.2. The molecule has 2 aromatic carbocycles. The van der Waals surface area contributed by atoms with Gasteiger partial charge in [-0.05, 0) is 53.4 Å². The average molecular weight is 447 g/mol. The number of alkyl carbamates (subject to hydrolysis) is 1. The molecule has 2 amide bonds. The summed E-state index contributed by atoms with van der Waals surface area (Å²) in [6.07, 6.45) is 1.91. The molecule has 33 heavy (non-hydrogen) atoms. The lowest BCUT2D eigenvalue weighted by Crippen LogP contribution is -2.52. The van der Waals surface area contributed by atoms with Crippen molar-refractivity contribution in [2.24, 2.45) is 17.8 Å². The van der Waals surface area contributed by atoms with E-state index in [2.05, 4.69) is 29.6 Å². The highest BCUT2D eigenvalue weighted by atomic mass is 16.5. The molecule has 2 heterocycles. The smallest absolute Gasteiger partial charge is 0.407 e. The number of fused-ring (bicyclic) bond motifs is 4. The average Bonchev–Trinajstić information content (AvgIpc) is 3.31. The van der Waals surface area contributed by atoms with Crippen molar-refractivity contribution < 1.29 is 24.2 Å². The number of nitrogens with zero attached hydrogens (tertiary/aromatic N) is 1. The number of amides is 2. The molecule has 2 saturated carbocycles. The van der Waals surface area contributed by atoms with Gasteiger partial charge >= 0.3 is 12.1 Å². The second-order valence-electron chi connectivity index (χ2n) is 9.70. The van der Waals surface area contributed by atoms with Crippen LogP contribution >= 0.6 is 0 Å². The van der Waals surface area contributed by atoms with Crippen molar-refractivity contribution in [1.29, 1.82) is 0 Å². The summed E-state index contributed by atoms with van der Waals surface area (Å²) in [6.45, 7) is 0.664. The van der Waals surface area contributed by atoms with Crippen LogP contribution in [0, 0.1) is 17.8 Å². The summed E-state index contributed by atoms with van der Waals surface area (Å²) in [5.41, 5.74) is 4.60. The van der Waals surface area contributed by atoms with Crippen LogP contribution in [-0.2, 0) is 14.3 Å². The van der Waals surface area contributed by atoms with Gasteiger partial charge < -0.3 is 20.1 Å². The lowest BCUT2D eigenvalue weighted by Gasteiger charge is -2.34. The number of hydrogen-bond acceptors (Lipinski definition) is 4. The molecule has 0 spiro atoms. The number of ether oxygens (including phenoxy) is 1. The topological polar surface area (TPSA) is 95.9 Å². The van der Waals surface area contributed by atoms with E-state index in [0.29, 0.717) is 6.54 Å². The minimum Gasteiger partial charge on any atom is -0.481 e. The Labute approximate surface area is 191 Å². The van der Waals surface area contributed by atoms with Crippen molar-refractivity contribution in [3.63, 3.8) is 0 Å². The van der Waals surface area contributed by atoms with E-state index in [1.165, 1.54) is 0 Å². The summed E-state index contributed by atoms with van der Waals surface area (Å²) in [4.78, 5) is 39.1. The lowest BCUT2D eigenvalue weighted by atomic mass is 9.74. The number of aliphatic carboxylic acids is 1. The van der Waals surface area contributed by atoms with Gasteiger partial charge in [0.1, 0.15) is 12.6 Å². The highest BCUT2D eigenvalue weighted by Crippen LogP contribution is 2.48. The zero-order valence-electron chi connectivity index (χ0n) is 18.1. The van der Waals surface area contributed by atoms with Crippen molar-refractivity contribution in [3.05, 3.63) is 59.7 Å². The molecule has 5 aliphatic rings. The molecule has 3 aliphatic carbocycles. The van der Waals surface area contributed by atoms with Crippen LogP contribution in [0.4, 0.5) is 4.79 Å². The van der Waals surface area contributed by atoms with E-state index >= 15 is 0 Å². The highest BCUT2D eigenvalue weighted by molar-refractivity contribution is 5.88. The van der Waals surface area contributed by atoms with E-state index in [9.17, 15) is 19.5 Å². The molecule has 0 radical (unpaired) electrons. The van der Waals surface area contributed by atoms with Gasteiger partial charge in [0.2, 0.25) is 5.91 Å². The fourth-order valence-corrected chi connectivity index (χ4v) is 6.00. The number of nitrogens with one attached hydrogen (secondary N) is 1. The number of carbonyl (C=O) groups excluding carboxylic acids is 2. The van der Waals surface area contributed by atoms with Crippen LogP contribution in [0.25, 0.3) is 11.1 Å². The fraction of sp³-hybridized carbons (Fsp3) is 0.423. The van der Waals surface area contributed by atoms with Crippen molar-refractivity contribution in [3.8, 4) is 11.1 Å². The summed E-state index contributed by atoms with van der Waals surface area (Å²) < 4.78 is 5.64. The first-order valence-electron chi connectivity index (χ1n) is 11.7. The third-order valence-electron chi connectivity index (χ3n) is 7.84. The number of carbonyl (C=O) groups is 3. The van der Waals surface area contributed by atoms with Gasteiger partial charge in [-0.1, -0.05) is 48.5 Å². The molecule has 2 saturated heterocycles. The third-order valence-corrected chi connectivity index (χ3v) is 7.84. The molecule has 2 bridgehead atoms. The zero-order chi connectivity index (χ0) is 22.7. The van der Waals surface area contributed by atoms with E-state index in [0.717, 1.165) is 41.5 Å². The van der Waals surface area contributed by atoms with E-state index in [1.54, 1.807) is 4.90 Å². The van der Waals surface area contributed by atoms with Crippen molar-refractivity contribution >= 4 is 18.0 Å². The van der Waals surface area contributed by atoms with Gasteiger partial charge in [0.25, 0.3) is 0 Å². The van der Waals surface area contributed by atoms with Crippen molar-refractivity contribution in [2.75, 3.05) is 13.2 Å². The van der Waals surface area contributed by atoms with Crippen LogP contribution in [0.15, 0.2) is 48.5 Å². The van der Waals surface area contributed by atoms with E-state index in [1.807, 2.05) is 24.3 Å². The van der Waals surface area contributed by atoms with Crippen LogP contribution in [0.3, 0.4) is 0 Å². The summed E-state index contributed by atoms with van der Waals surface area (Å²) in [5.74, 6) is -1.38. The summed E-state index contributed by atoms with van der Waals surface area (Å²) in [6, 6.07) is 15.4. The van der Waals surface area contributed by atoms with Crippen molar-refractivity contribution in [1.82, 2.24) is 10.2 Å². The molecule has 7 rings (SSSR count). The molecule has 4 unspecified atom stereocenters. The third kappa shape index (κ3) is 3.29. The monoisotopic (exact) mass is 446 g/mol. The van der Waals surface area contributed by atoms with E-state index in [4.69, 9.17) is 4.74 Å². The van der Waals surface area contributed by atoms with Gasteiger partial charge in [-0.3, -0.25) is 9.59 Å². The number of carboxylic acid groups (broad SMARTS) is 1. The van der Waals surface area contributed by atoms with Gasteiger partial charge in [0.15, 0.2) is 0 Å². The number of carboxylic acids is 1. The van der Waals surface area contributed by atoms with Crippen LogP contribution in [0.1, 0.15) is 36.3 Å². The van der Waals surface area contributed by atoms with Crippen LogP contribution in [0.2, 0.25) is 0 Å². The largest absolute Gasteiger partial charge is 0.481 e. The predicted octanol–water partition coefficient (Wildman–Crippen LogP) is 3.24. The molecule has 7 nitrogen and oxygen atoms in total. The molecule has 4 fully saturated rings. The Morgan fingerprint density at radius 3 is 2.24 bits per heavy atom. The molecular formula is C26H26N2O5. The highest BCUT2D eigenvalue weighted by Gasteiger charge is 2.58. The molecule has 7 heteroatoms. The lowest BCUT2D eigenvalue weighted by molar-refractivity contribution is -0.148. The predicted molar refractivity (Wildman–Crippen MR) is 119 cm³/mol. The van der Waals surface area contributed by atoms with Crippen molar-refractivity contribution in [2.45, 2.75) is 37.3 Å². The quantitative estimate of drug-likeness (QED) is 0.710. The first-order chi connectivity index (χ1) is 16.0. The van der Waals surface area contributed by atoms with E-state index in [-0.39, 0.29) is 36.3 Å². The Bertz CT molecular complexity index is 1100. The number of rotatable bonds is 6. The Morgan fingerprint density at radius 2 is 1.67 bits per heavy atom. The minimum atomic E-state index is -0.834. The minimum absolute atomic E-state index is 0.0331. The summed E-state index contributed by atoms with van der Waals surface area (Å²) in [7, 11) is 0. The first kappa shape index (κ1) is 20.3. The Morgan fingerprint density at radius 1 is 1.03 bits per heavy atom. The Balaban J connectivity index is 1.13. The molecule has 2 N–H and O–H groups in total. The maximum atomic E-state index is 13.2. The molecule has 170 valence electrons. The van der Waals surface area contributed by atoms with Gasteiger partial charge in [-0.2, -0.15) is 0 Å². The van der Waals surface area contributed by atoms with Crippen LogP contribution < -0.4 is 5.32 Å². The zero-order valence-corrected chi connectivity index (χ0v) is 18.1. The second kappa shape index (κ2) is 7.61. The second-order valence-corrected chi connectivity index (χ2v) is 9.70. The van der Waals surface area contributed by atoms with Crippen LogP contribution in [-0.4, -0.2) is 53.2 Å². The number of hydrogen-bond donors (Lipinski definition) is 2. The molecule has 2 aromatic rings. The first-order valence-corrected chi connectivity index (χ1v) is 11.7. The normalized spacial score (nSPS) is 25.6. The van der Waals surface area contributed by atoms with Crippen LogP contribution in [0.5, 0.6) is 0 Å². The molecule has 0 aromatic heterocycles. The maximum Gasteiger partial charge on any atom is 0.407 e. The molecular weight excluding hydrogens is 420 g/mol. The standard InChI is InChI=1S/C26H26N2O5/c29-24(28-12-15-11-21(28)22(15)25(30)31)23(14-9-10-14)27-26(32)33-13-20-18-7-3-1-5-16(18)17-6-2-4-8-19(17)20/h1-8,14-15,20-23H,9-13H2,(H,27,32)(H,30,31). The SMILES string of the molecule is O=C(NC(C(=O)N1CC2CC1C2C(=O)O)C1CC1)OCC1c2ccccc2-c2ccccc21. The maximum absolute atomic E-state index is 13.2.